The summed E-state index contributed by atoms with van der Waals surface area (Å²) >= 11 is 0. The van der Waals surface area contributed by atoms with Crippen LogP contribution in [0.25, 0.3) is 21.6 Å². The van der Waals surface area contributed by atoms with Crippen LogP contribution in [0.5, 0.6) is 0 Å². The minimum absolute atomic E-state index is 0.0330. The third kappa shape index (κ3) is 3.81. The maximum atomic E-state index is 12.5. The minimum atomic E-state index is -5.39. The number of aromatic nitrogens is 4. The normalized spacial score (nSPS) is 26.1. The van der Waals surface area contributed by atoms with Crippen LogP contribution in [-0.2, 0) is 18.4 Å². The van der Waals surface area contributed by atoms with Crippen molar-refractivity contribution in [2.24, 2.45) is 5.11 Å². The molecule has 1 aliphatic rings. The molecule has 30 heavy (non-hydrogen) atoms. The molecule has 1 fully saturated rings. The van der Waals surface area contributed by atoms with Crippen LogP contribution in [0.1, 0.15) is 19.6 Å². The maximum Gasteiger partial charge on any atom is 0.352 e. The molecule has 0 bridgehead atoms. The first-order valence-electron chi connectivity index (χ1n) is 8.27. The summed E-state index contributed by atoms with van der Waals surface area (Å²) in [6, 6.07) is 0. The van der Waals surface area contributed by atoms with Crippen molar-refractivity contribution in [1.82, 2.24) is 19.5 Å². The van der Waals surface area contributed by atoms with Crippen molar-refractivity contribution in [2.45, 2.75) is 36.8 Å². The van der Waals surface area contributed by atoms with Crippen molar-refractivity contribution >= 4 is 32.2 Å². The Hall–Kier alpha value is -2.12. The first-order chi connectivity index (χ1) is 13.9. The van der Waals surface area contributed by atoms with Gasteiger partial charge in [0.05, 0.1) is 19.0 Å². The molecule has 1 unspecified atom stereocenters. The van der Waals surface area contributed by atoms with E-state index in [1.165, 1.54) is 17.2 Å². The van der Waals surface area contributed by atoms with Crippen LogP contribution < -0.4 is 5.73 Å². The van der Waals surface area contributed by atoms with Crippen molar-refractivity contribution in [3.05, 3.63) is 23.1 Å². The van der Waals surface area contributed by atoms with Gasteiger partial charge < -0.3 is 34.8 Å². The average Bonchev–Trinajstić information content (AvgIpc) is 3.23. The van der Waals surface area contributed by atoms with E-state index in [1.807, 2.05) is 0 Å². The van der Waals surface area contributed by atoms with Crippen LogP contribution in [0.15, 0.2) is 17.8 Å². The summed E-state index contributed by atoms with van der Waals surface area (Å²) in [5, 5.41) is 9.99. The van der Waals surface area contributed by atoms with Crippen LogP contribution in [0.2, 0.25) is 0 Å². The molecule has 18 heteroatoms. The Morgan fingerprint density at radius 1 is 1.43 bits per heavy atom. The summed E-state index contributed by atoms with van der Waals surface area (Å²) in [5.41, 5.74) is 14.9. The lowest BCUT2D eigenvalue weighted by molar-refractivity contribution is -0.0401. The molecule has 0 amide bonds. The van der Waals surface area contributed by atoms with Gasteiger partial charge in [0, 0.05) is 11.3 Å². The van der Waals surface area contributed by atoms with Crippen LogP contribution in [0.4, 0.5) is 5.82 Å². The van der Waals surface area contributed by atoms with Crippen LogP contribution in [-0.4, -0.2) is 63.1 Å². The summed E-state index contributed by atoms with van der Waals surface area (Å²) in [6.45, 7) is -0.115. The number of ether oxygens (including phenoxy) is 1. The van der Waals surface area contributed by atoms with Gasteiger partial charge in [0.15, 0.2) is 11.5 Å². The molecular formula is C12H18N8O8P2. The Morgan fingerprint density at radius 2 is 2.13 bits per heavy atom. The summed E-state index contributed by atoms with van der Waals surface area (Å²) in [5.74, 6) is 0.146. The highest BCUT2D eigenvalue weighted by Crippen LogP contribution is 2.72. The molecule has 2 aromatic heterocycles. The van der Waals surface area contributed by atoms with Crippen LogP contribution >= 0.6 is 15.2 Å². The number of fused-ring (bicyclic) bond motifs is 1. The zero-order chi connectivity index (χ0) is 22.3. The zero-order valence-electron chi connectivity index (χ0n) is 15.3. The summed E-state index contributed by atoms with van der Waals surface area (Å²) in [6.07, 6.45) is -0.448. The molecule has 164 valence electrons. The number of nitrogens with zero attached hydrogens (tertiary/aromatic N) is 7. The van der Waals surface area contributed by atoms with E-state index in [2.05, 4.69) is 25.0 Å². The second-order valence-electron chi connectivity index (χ2n) is 6.54. The van der Waals surface area contributed by atoms with Gasteiger partial charge in [-0.3, -0.25) is 13.7 Å². The highest BCUT2D eigenvalue weighted by atomic mass is 31.2. The van der Waals surface area contributed by atoms with E-state index in [0.717, 1.165) is 0 Å². The summed E-state index contributed by atoms with van der Waals surface area (Å²) < 4.78 is 36.0. The second-order valence-corrected chi connectivity index (χ2v) is 11.0. The lowest BCUT2D eigenvalue weighted by atomic mass is 10.2. The molecule has 0 saturated carbocycles. The van der Waals surface area contributed by atoms with E-state index < -0.39 is 45.3 Å². The Bertz CT molecular complexity index is 1100. The molecule has 3 rings (SSSR count). The third-order valence-corrected chi connectivity index (χ3v) is 9.03. The smallest absolute Gasteiger partial charge is 0.352 e. The van der Waals surface area contributed by atoms with E-state index in [1.54, 1.807) is 0 Å². The lowest BCUT2D eigenvalue weighted by Crippen LogP contribution is -2.29. The molecule has 0 aliphatic carbocycles. The quantitative estimate of drug-likeness (QED) is 0.162. The average molecular weight is 464 g/mol. The molecule has 3 heterocycles. The van der Waals surface area contributed by atoms with Crippen LogP contribution in [0, 0.1) is 0 Å². The number of rotatable bonds is 7. The number of nitrogen functional groups attached to an aromatic ring is 1. The predicted molar refractivity (Wildman–Crippen MR) is 99.6 cm³/mol. The first kappa shape index (κ1) is 22.6. The van der Waals surface area contributed by atoms with Crippen molar-refractivity contribution in [1.29, 1.82) is 0 Å². The molecule has 1 saturated heterocycles. The summed E-state index contributed by atoms with van der Waals surface area (Å²) in [7, 11) is -10.6. The van der Waals surface area contributed by atoms with Gasteiger partial charge in [0.2, 0.25) is 5.02 Å². The lowest BCUT2D eigenvalue weighted by Gasteiger charge is -2.29. The molecule has 16 nitrogen and oxygen atoms in total. The molecular weight excluding hydrogens is 446 g/mol. The van der Waals surface area contributed by atoms with E-state index in [-0.39, 0.29) is 12.2 Å². The molecule has 0 aromatic carbocycles. The Kier molecular flexibility index (Phi) is 5.91. The van der Waals surface area contributed by atoms with Gasteiger partial charge in [-0.15, -0.1) is 0 Å². The summed E-state index contributed by atoms with van der Waals surface area (Å²) in [4.78, 5) is 43.0. The van der Waals surface area contributed by atoms with Gasteiger partial charge in [-0.05, 0) is 12.5 Å². The number of aliphatic hydroxyl groups excluding tert-OH is 1. The van der Waals surface area contributed by atoms with E-state index >= 15 is 0 Å². The predicted octanol–water partition coefficient (Wildman–Crippen LogP) is 0.421. The van der Waals surface area contributed by atoms with E-state index in [0.29, 0.717) is 18.1 Å². The van der Waals surface area contributed by atoms with Gasteiger partial charge in [-0.25, -0.2) is 15.0 Å². The number of hydrogen-bond donors (Lipinski definition) is 5. The van der Waals surface area contributed by atoms with Crippen LogP contribution in [0.3, 0.4) is 0 Å². The molecule has 0 spiro atoms. The van der Waals surface area contributed by atoms with Gasteiger partial charge in [-0.1, -0.05) is 5.11 Å². The van der Waals surface area contributed by atoms with Gasteiger partial charge in [0.25, 0.3) is 0 Å². The SMILES string of the molecule is C[C@@](N=[N+]=[N-])(P(=O)(O)O)P(=O)(O)OC[C@H]1O[C@@H](n2cnc3c(N)ncnc32)C[C@@H]1O. The van der Waals surface area contributed by atoms with Crippen molar-refractivity contribution in [2.75, 3.05) is 12.3 Å². The Labute approximate surface area is 168 Å². The highest BCUT2D eigenvalue weighted by molar-refractivity contribution is 7.72. The number of nitrogens with two attached hydrogens (primary N) is 1. The topological polar surface area (TPSA) is 252 Å². The number of azide groups is 1. The maximum absolute atomic E-state index is 12.5. The zero-order valence-corrected chi connectivity index (χ0v) is 17.1. The largest absolute Gasteiger partial charge is 0.390 e. The molecule has 0 radical (unpaired) electrons. The molecule has 1 aliphatic heterocycles. The Morgan fingerprint density at radius 3 is 2.77 bits per heavy atom. The standard InChI is InChI=1S/C12H18N8O8P2/c1-12(18-19-14,29(22,23)24)30(25,26)27-3-7-6(21)2-8(28-7)20-5-17-9-10(13)15-4-16-11(9)20/h4-8,21H,2-3H2,1H3,(H,25,26)(H2,13,15,16)(H2,22,23,24)/t6-,7+,8+,12+/m0/s1. The van der Waals surface area contributed by atoms with Crippen molar-refractivity contribution < 1.29 is 38.2 Å². The van der Waals surface area contributed by atoms with Gasteiger partial charge >= 0.3 is 15.2 Å². The Balaban J connectivity index is 1.77. The fraction of sp³-hybridized carbons (Fsp3) is 0.583. The van der Waals surface area contributed by atoms with Crippen molar-refractivity contribution in [3.8, 4) is 0 Å². The number of imidazole rings is 1. The number of hydrogen-bond acceptors (Lipinski definition) is 10. The second kappa shape index (κ2) is 7.85. The fourth-order valence-corrected chi connectivity index (χ4v) is 5.17. The number of aliphatic hydroxyl groups is 1. The van der Waals surface area contributed by atoms with Gasteiger partial charge in [0.1, 0.15) is 24.2 Å². The van der Waals surface area contributed by atoms with E-state index in [4.69, 9.17) is 20.5 Å². The minimum Gasteiger partial charge on any atom is -0.390 e. The third-order valence-electron chi connectivity index (χ3n) is 4.64. The fourth-order valence-electron chi connectivity index (χ4n) is 2.78. The monoisotopic (exact) mass is 464 g/mol. The molecule has 5 atom stereocenters. The first-order valence-corrected chi connectivity index (χ1v) is 11.5. The number of anilines is 1. The van der Waals surface area contributed by atoms with Crippen molar-refractivity contribution in [3.63, 3.8) is 0 Å². The highest BCUT2D eigenvalue weighted by Gasteiger charge is 2.58. The van der Waals surface area contributed by atoms with E-state index in [9.17, 15) is 28.9 Å². The molecule has 2 aromatic rings. The van der Waals surface area contributed by atoms with Gasteiger partial charge in [-0.2, -0.15) is 0 Å². The molecule has 6 N–H and O–H groups in total.